The Morgan fingerprint density at radius 1 is 1.24 bits per heavy atom. The van der Waals surface area contributed by atoms with Crippen molar-refractivity contribution in [3.63, 3.8) is 0 Å². The normalized spacial score (nSPS) is 10.7. The number of hydrogen-bond donors (Lipinski definition) is 1. The summed E-state index contributed by atoms with van der Waals surface area (Å²) in [5.74, 6) is 1.53. The van der Waals surface area contributed by atoms with Gasteiger partial charge in [0.1, 0.15) is 5.75 Å². The fraction of sp³-hybridized carbons (Fsp3) is 0.600. The maximum Gasteiger partial charge on any atom is 0.123 e. The fourth-order valence-corrected chi connectivity index (χ4v) is 1.87. The molecule has 0 bridgehead atoms. The highest BCUT2D eigenvalue weighted by Crippen LogP contribution is 2.32. The highest BCUT2D eigenvalue weighted by molar-refractivity contribution is 5.58. The largest absolute Gasteiger partial charge is 0.493 e. The van der Waals surface area contributed by atoms with Gasteiger partial charge < -0.3 is 10.1 Å². The average molecular weight is 235 g/mol. The van der Waals surface area contributed by atoms with Gasteiger partial charge in [-0.05, 0) is 49.4 Å². The SMILES string of the molecule is CCCOc1cc(C)c(NCC)cc1C(C)C. The van der Waals surface area contributed by atoms with Gasteiger partial charge in [0.15, 0.2) is 0 Å². The van der Waals surface area contributed by atoms with Crippen molar-refractivity contribution >= 4 is 5.69 Å². The molecule has 0 fully saturated rings. The zero-order valence-corrected chi connectivity index (χ0v) is 11.8. The van der Waals surface area contributed by atoms with Crippen LogP contribution in [-0.2, 0) is 0 Å². The van der Waals surface area contributed by atoms with E-state index in [0.29, 0.717) is 5.92 Å². The molecular formula is C15H25NO. The fourth-order valence-electron chi connectivity index (χ4n) is 1.87. The molecule has 96 valence electrons. The second kappa shape index (κ2) is 6.53. The van der Waals surface area contributed by atoms with Gasteiger partial charge in [0.25, 0.3) is 0 Å². The van der Waals surface area contributed by atoms with Gasteiger partial charge >= 0.3 is 0 Å². The van der Waals surface area contributed by atoms with Gasteiger partial charge in [-0.3, -0.25) is 0 Å². The molecule has 0 amide bonds. The van der Waals surface area contributed by atoms with Crippen LogP contribution in [0.5, 0.6) is 5.75 Å². The number of nitrogens with one attached hydrogen (secondary N) is 1. The first-order valence-electron chi connectivity index (χ1n) is 6.61. The predicted octanol–water partition coefficient (Wildman–Crippen LogP) is 4.34. The van der Waals surface area contributed by atoms with Crippen LogP contribution in [0.3, 0.4) is 0 Å². The molecule has 2 nitrogen and oxygen atoms in total. The molecular weight excluding hydrogens is 210 g/mol. The lowest BCUT2D eigenvalue weighted by Crippen LogP contribution is -2.04. The standard InChI is InChI=1S/C15H25NO/c1-6-8-17-15-9-12(5)14(16-7-2)10-13(15)11(3)4/h9-11,16H,6-8H2,1-5H3. The van der Waals surface area contributed by atoms with E-state index in [0.717, 1.165) is 25.3 Å². The Hall–Kier alpha value is -1.18. The molecule has 0 atom stereocenters. The summed E-state index contributed by atoms with van der Waals surface area (Å²) in [5.41, 5.74) is 3.77. The van der Waals surface area contributed by atoms with Gasteiger partial charge in [-0.15, -0.1) is 0 Å². The Morgan fingerprint density at radius 3 is 2.47 bits per heavy atom. The summed E-state index contributed by atoms with van der Waals surface area (Å²) >= 11 is 0. The molecule has 2 heteroatoms. The Morgan fingerprint density at radius 2 is 1.94 bits per heavy atom. The molecule has 0 radical (unpaired) electrons. The van der Waals surface area contributed by atoms with Gasteiger partial charge in [0.2, 0.25) is 0 Å². The quantitative estimate of drug-likeness (QED) is 0.792. The minimum absolute atomic E-state index is 0.486. The molecule has 0 aliphatic carbocycles. The highest BCUT2D eigenvalue weighted by atomic mass is 16.5. The van der Waals surface area contributed by atoms with Crippen molar-refractivity contribution in [3.05, 3.63) is 23.3 Å². The number of hydrogen-bond acceptors (Lipinski definition) is 2. The van der Waals surface area contributed by atoms with Gasteiger partial charge in [0, 0.05) is 12.2 Å². The lowest BCUT2D eigenvalue weighted by Gasteiger charge is -2.18. The first-order valence-corrected chi connectivity index (χ1v) is 6.61. The van der Waals surface area contributed by atoms with Crippen molar-refractivity contribution in [1.82, 2.24) is 0 Å². The van der Waals surface area contributed by atoms with Gasteiger partial charge in [0.05, 0.1) is 6.61 Å². The van der Waals surface area contributed by atoms with Crippen molar-refractivity contribution in [2.45, 2.75) is 47.0 Å². The third-order valence-electron chi connectivity index (χ3n) is 2.81. The molecule has 0 spiro atoms. The summed E-state index contributed by atoms with van der Waals surface area (Å²) in [6.45, 7) is 12.5. The first kappa shape index (κ1) is 13.9. The molecule has 0 aromatic heterocycles. The summed E-state index contributed by atoms with van der Waals surface area (Å²) in [5, 5.41) is 3.40. The zero-order valence-electron chi connectivity index (χ0n) is 11.8. The molecule has 1 aromatic carbocycles. The van der Waals surface area contributed by atoms with Crippen molar-refractivity contribution in [2.24, 2.45) is 0 Å². The van der Waals surface area contributed by atoms with Crippen LogP contribution in [0.15, 0.2) is 12.1 Å². The summed E-state index contributed by atoms with van der Waals surface area (Å²) in [6, 6.07) is 4.39. The van der Waals surface area contributed by atoms with Crippen molar-refractivity contribution in [3.8, 4) is 5.75 Å². The monoisotopic (exact) mass is 235 g/mol. The first-order chi connectivity index (χ1) is 8.10. The van der Waals surface area contributed by atoms with Crippen LogP contribution in [0.2, 0.25) is 0 Å². The molecule has 0 unspecified atom stereocenters. The third kappa shape index (κ3) is 3.65. The van der Waals surface area contributed by atoms with Gasteiger partial charge in [-0.1, -0.05) is 20.8 Å². The van der Waals surface area contributed by atoms with E-state index in [1.165, 1.54) is 16.8 Å². The molecule has 0 saturated carbocycles. The van der Waals surface area contributed by atoms with E-state index in [1.807, 2.05) is 0 Å². The van der Waals surface area contributed by atoms with E-state index in [4.69, 9.17) is 4.74 Å². The highest BCUT2D eigenvalue weighted by Gasteiger charge is 2.11. The van der Waals surface area contributed by atoms with Crippen LogP contribution in [0.25, 0.3) is 0 Å². The Bertz CT molecular complexity index is 358. The number of anilines is 1. The Kier molecular flexibility index (Phi) is 5.33. The number of ether oxygens (including phenoxy) is 1. The van der Waals surface area contributed by atoms with E-state index in [1.54, 1.807) is 0 Å². The molecule has 1 aromatic rings. The summed E-state index contributed by atoms with van der Waals surface area (Å²) in [6.07, 6.45) is 1.05. The maximum atomic E-state index is 5.83. The average Bonchev–Trinajstić information content (AvgIpc) is 2.29. The summed E-state index contributed by atoms with van der Waals surface area (Å²) < 4.78 is 5.83. The minimum atomic E-state index is 0.486. The van der Waals surface area contributed by atoms with E-state index >= 15 is 0 Å². The molecule has 0 saturated heterocycles. The smallest absolute Gasteiger partial charge is 0.123 e. The number of rotatable bonds is 6. The number of aryl methyl sites for hydroxylation is 1. The lowest BCUT2D eigenvalue weighted by molar-refractivity contribution is 0.313. The van der Waals surface area contributed by atoms with Gasteiger partial charge in [-0.25, -0.2) is 0 Å². The van der Waals surface area contributed by atoms with E-state index < -0.39 is 0 Å². The third-order valence-corrected chi connectivity index (χ3v) is 2.81. The lowest BCUT2D eigenvalue weighted by atomic mass is 9.99. The molecule has 0 aliphatic rings. The van der Waals surface area contributed by atoms with Crippen LogP contribution < -0.4 is 10.1 Å². The topological polar surface area (TPSA) is 21.3 Å². The van der Waals surface area contributed by atoms with Crippen LogP contribution in [0.4, 0.5) is 5.69 Å². The predicted molar refractivity (Wildman–Crippen MR) is 75.2 cm³/mol. The molecule has 0 heterocycles. The van der Waals surface area contributed by atoms with E-state index in [-0.39, 0.29) is 0 Å². The van der Waals surface area contributed by atoms with Crippen LogP contribution in [0.1, 0.15) is 51.2 Å². The Labute approximate surface area is 105 Å². The zero-order chi connectivity index (χ0) is 12.8. The summed E-state index contributed by atoms with van der Waals surface area (Å²) in [4.78, 5) is 0. The van der Waals surface area contributed by atoms with Crippen molar-refractivity contribution < 1.29 is 4.74 Å². The second-order valence-electron chi connectivity index (χ2n) is 4.74. The van der Waals surface area contributed by atoms with E-state index in [2.05, 4.69) is 52.1 Å². The molecule has 0 aliphatic heterocycles. The van der Waals surface area contributed by atoms with Crippen molar-refractivity contribution in [1.29, 1.82) is 0 Å². The minimum Gasteiger partial charge on any atom is -0.493 e. The molecule has 1 N–H and O–H groups in total. The second-order valence-corrected chi connectivity index (χ2v) is 4.74. The van der Waals surface area contributed by atoms with Crippen LogP contribution >= 0.6 is 0 Å². The summed E-state index contributed by atoms with van der Waals surface area (Å²) in [7, 11) is 0. The van der Waals surface area contributed by atoms with Crippen molar-refractivity contribution in [2.75, 3.05) is 18.5 Å². The van der Waals surface area contributed by atoms with Crippen LogP contribution in [-0.4, -0.2) is 13.2 Å². The number of benzene rings is 1. The van der Waals surface area contributed by atoms with E-state index in [9.17, 15) is 0 Å². The van der Waals surface area contributed by atoms with Gasteiger partial charge in [-0.2, -0.15) is 0 Å². The molecule has 17 heavy (non-hydrogen) atoms. The van der Waals surface area contributed by atoms with Crippen LogP contribution in [0, 0.1) is 6.92 Å². The Balaban J connectivity index is 3.06. The molecule has 1 rings (SSSR count). The maximum absolute atomic E-state index is 5.83.